The fraction of sp³-hybridized carbons (Fsp3) is 0. The summed E-state index contributed by atoms with van der Waals surface area (Å²) in [5.41, 5.74) is 7.87. The molecule has 0 atom stereocenters. The molecule has 2 N–H and O–H groups in total. The third kappa shape index (κ3) is 1.96. The Kier molecular flexibility index (Phi) is 2.72. The van der Waals surface area contributed by atoms with Crippen LogP contribution in [0.25, 0.3) is 16.9 Å². The van der Waals surface area contributed by atoms with Gasteiger partial charge in [0.2, 0.25) is 0 Å². The van der Waals surface area contributed by atoms with Crippen LogP contribution in [-0.2, 0) is 0 Å². The lowest BCUT2D eigenvalue weighted by Gasteiger charge is -2.03. The molecule has 2 aromatic heterocycles. The summed E-state index contributed by atoms with van der Waals surface area (Å²) < 4.78 is 1.84. The van der Waals surface area contributed by atoms with Crippen molar-refractivity contribution in [1.29, 1.82) is 0 Å². The number of aromatic nitrogens is 2. The number of imidazole rings is 1. The number of halogens is 1. The van der Waals surface area contributed by atoms with Crippen LogP contribution in [0.2, 0.25) is 5.02 Å². The number of amides is 1. The third-order valence-corrected chi connectivity index (χ3v) is 3.13. The topological polar surface area (TPSA) is 60.4 Å². The van der Waals surface area contributed by atoms with Gasteiger partial charge in [0.15, 0.2) is 5.69 Å². The van der Waals surface area contributed by atoms with E-state index in [4.69, 9.17) is 17.3 Å². The van der Waals surface area contributed by atoms with Gasteiger partial charge in [-0.25, -0.2) is 4.98 Å². The van der Waals surface area contributed by atoms with E-state index in [0.29, 0.717) is 16.4 Å². The maximum atomic E-state index is 11.6. The summed E-state index contributed by atoms with van der Waals surface area (Å²) in [6, 6.07) is 12.8. The van der Waals surface area contributed by atoms with Crippen LogP contribution in [-0.4, -0.2) is 15.3 Å². The number of carbonyl (C=O) groups is 1. The largest absolute Gasteiger partial charge is 0.364 e. The van der Waals surface area contributed by atoms with Crippen molar-refractivity contribution in [2.45, 2.75) is 0 Å². The van der Waals surface area contributed by atoms with Crippen molar-refractivity contribution in [3.8, 4) is 11.3 Å². The van der Waals surface area contributed by atoms with Gasteiger partial charge in [0.1, 0.15) is 5.65 Å². The SMILES string of the molecule is NC(=O)c1nc2ccccn2c1-c1ccc(Cl)cc1. The molecule has 0 aliphatic rings. The molecule has 0 radical (unpaired) electrons. The number of hydrogen-bond acceptors (Lipinski definition) is 2. The van der Waals surface area contributed by atoms with Crippen LogP contribution >= 0.6 is 11.6 Å². The first kappa shape index (κ1) is 11.7. The molecule has 5 heteroatoms. The van der Waals surface area contributed by atoms with Gasteiger partial charge in [-0.2, -0.15) is 0 Å². The van der Waals surface area contributed by atoms with Crippen LogP contribution in [0.3, 0.4) is 0 Å². The van der Waals surface area contributed by atoms with Gasteiger partial charge in [-0.15, -0.1) is 0 Å². The van der Waals surface area contributed by atoms with Crippen molar-refractivity contribution in [2.24, 2.45) is 5.73 Å². The fourth-order valence-corrected chi connectivity index (χ4v) is 2.18. The van der Waals surface area contributed by atoms with Crippen molar-refractivity contribution in [1.82, 2.24) is 9.38 Å². The minimum Gasteiger partial charge on any atom is -0.364 e. The number of carbonyl (C=O) groups excluding carboxylic acids is 1. The summed E-state index contributed by atoms with van der Waals surface area (Å²) in [7, 11) is 0. The van der Waals surface area contributed by atoms with E-state index < -0.39 is 5.91 Å². The van der Waals surface area contributed by atoms with Gasteiger partial charge in [0.25, 0.3) is 5.91 Å². The molecule has 94 valence electrons. The lowest BCUT2D eigenvalue weighted by molar-refractivity contribution is 0.0997. The normalized spacial score (nSPS) is 10.8. The smallest absolute Gasteiger partial charge is 0.269 e. The van der Waals surface area contributed by atoms with E-state index in [1.165, 1.54) is 0 Å². The zero-order valence-electron chi connectivity index (χ0n) is 9.88. The van der Waals surface area contributed by atoms with Gasteiger partial charge in [0, 0.05) is 16.8 Å². The predicted octanol–water partition coefficient (Wildman–Crippen LogP) is 2.75. The second-order valence-corrected chi connectivity index (χ2v) is 4.55. The maximum absolute atomic E-state index is 11.6. The second-order valence-electron chi connectivity index (χ2n) is 4.11. The van der Waals surface area contributed by atoms with Gasteiger partial charge in [0.05, 0.1) is 5.69 Å². The number of nitrogens with zero attached hydrogens (tertiary/aromatic N) is 2. The summed E-state index contributed by atoms with van der Waals surface area (Å²) >= 11 is 5.88. The molecular formula is C14H10ClN3O. The monoisotopic (exact) mass is 271 g/mol. The van der Waals surface area contributed by atoms with E-state index in [-0.39, 0.29) is 5.69 Å². The Balaban J connectivity index is 2.34. The van der Waals surface area contributed by atoms with Crippen LogP contribution in [0.15, 0.2) is 48.7 Å². The summed E-state index contributed by atoms with van der Waals surface area (Å²) in [6.07, 6.45) is 1.85. The quantitative estimate of drug-likeness (QED) is 0.779. The van der Waals surface area contributed by atoms with Crippen LogP contribution in [0, 0.1) is 0 Å². The molecule has 0 spiro atoms. The number of pyridine rings is 1. The first-order valence-electron chi connectivity index (χ1n) is 5.69. The molecule has 2 heterocycles. The Bertz CT molecular complexity index is 762. The predicted molar refractivity (Wildman–Crippen MR) is 74.2 cm³/mol. The molecule has 1 amide bonds. The fourth-order valence-electron chi connectivity index (χ4n) is 2.05. The Morgan fingerprint density at radius 1 is 1.16 bits per heavy atom. The van der Waals surface area contributed by atoms with E-state index >= 15 is 0 Å². The van der Waals surface area contributed by atoms with Crippen molar-refractivity contribution in [3.63, 3.8) is 0 Å². The zero-order valence-corrected chi connectivity index (χ0v) is 10.6. The summed E-state index contributed by atoms with van der Waals surface area (Å²) in [5.74, 6) is -0.548. The first-order chi connectivity index (χ1) is 9.16. The number of benzene rings is 1. The molecule has 0 unspecified atom stereocenters. The van der Waals surface area contributed by atoms with Crippen molar-refractivity contribution < 1.29 is 4.79 Å². The molecule has 3 aromatic rings. The number of primary amides is 1. The summed E-state index contributed by atoms with van der Waals surface area (Å²) in [5, 5.41) is 0.637. The molecule has 0 aliphatic carbocycles. The first-order valence-corrected chi connectivity index (χ1v) is 6.07. The molecule has 0 bridgehead atoms. The van der Waals surface area contributed by atoms with E-state index in [0.717, 1.165) is 5.56 Å². The average molecular weight is 272 g/mol. The highest BCUT2D eigenvalue weighted by atomic mass is 35.5. The molecule has 3 rings (SSSR count). The number of hydrogen-bond donors (Lipinski definition) is 1. The molecular weight excluding hydrogens is 262 g/mol. The average Bonchev–Trinajstić information content (AvgIpc) is 2.79. The van der Waals surface area contributed by atoms with E-state index in [2.05, 4.69) is 4.98 Å². The molecule has 0 saturated heterocycles. The van der Waals surface area contributed by atoms with Crippen molar-refractivity contribution >= 4 is 23.2 Å². The molecule has 4 nitrogen and oxygen atoms in total. The van der Waals surface area contributed by atoms with Crippen LogP contribution in [0.4, 0.5) is 0 Å². The van der Waals surface area contributed by atoms with Crippen LogP contribution < -0.4 is 5.73 Å². The Labute approximate surface area is 114 Å². The minimum atomic E-state index is -0.548. The third-order valence-electron chi connectivity index (χ3n) is 2.88. The lowest BCUT2D eigenvalue weighted by Crippen LogP contribution is -2.12. The van der Waals surface area contributed by atoms with E-state index in [1.54, 1.807) is 12.1 Å². The van der Waals surface area contributed by atoms with Crippen molar-refractivity contribution in [2.75, 3.05) is 0 Å². The van der Waals surface area contributed by atoms with Crippen LogP contribution in [0.1, 0.15) is 10.5 Å². The Morgan fingerprint density at radius 3 is 2.58 bits per heavy atom. The molecule has 1 aromatic carbocycles. The van der Waals surface area contributed by atoms with Crippen molar-refractivity contribution in [3.05, 3.63) is 59.4 Å². The van der Waals surface area contributed by atoms with Gasteiger partial charge < -0.3 is 5.73 Å². The minimum absolute atomic E-state index is 0.258. The lowest BCUT2D eigenvalue weighted by atomic mass is 10.1. The van der Waals surface area contributed by atoms with E-state index in [1.807, 2.05) is 40.9 Å². The second kappa shape index (κ2) is 4.40. The Morgan fingerprint density at radius 2 is 1.89 bits per heavy atom. The molecule has 0 aliphatic heterocycles. The maximum Gasteiger partial charge on any atom is 0.269 e. The Hall–Kier alpha value is -2.33. The highest BCUT2D eigenvalue weighted by Crippen LogP contribution is 2.26. The summed E-state index contributed by atoms with van der Waals surface area (Å²) in [6.45, 7) is 0. The van der Waals surface area contributed by atoms with Crippen LogP contribution in [0.5, 0.6) is 0 Å². The highest BCUT2D eigenvalue weighted by molar-refractivity contribution is 6.30. The number of nitrogens with two attached hydrogens (primary N) is 1. The highest BCUT2D eigenvalue weighted by Gasteiger charge is 2.17. The van der Waals surface area contributed by atoms with E-state index in [9.17, 15) is 4.79 Å². The number of fused-ring (bicyclic) bond motifs is 1. The van der Waals surface area contributed by atoms with Gasteiger partial charge in [-0.1, -0.05) is 29.8 Å². The zero-order chi connectivity index (χ0) is 13.4. The summed E-state index contributed by atoms with van der Waals surface area (Å²) in [4.78, 5) is 15.8. The number of rotatable bonds is 2. The van der Waals surface area contributed by atoms with Gasteiger partial charge >= 0.3 is 0 Å². The van der Waals surface area contributed by atoms with Gasteiger partial charge in [-0.05, 0) is 24.3 Å². The van der Waals surface area contributed by atoms with Gasteiger partial charge in [-0.3, -0.25) is 9.20 Å². The molecule has 19 heavy (non-hydrogen) atoms. The molecule has 0 fully saturated rings. The molecule has 0 saturated carbocycles. The standard InChI is InChI=1S/C14H10ClN3O/c15-10-6-4-9(5-7-10)13-12(14(16)19)17-11-3-1-2-8-18(11)13/h1-8H,(H2,16,19).